The molecule has 1 aromatic rings. The highest BCUT2D eigenvalue weighted by molar-refractivity contribution is 6.36. The lowest BCUT2D eigenvalue weighted by atomic mass is 9.94. The molecule has 2 aliphatic rings. The summed E-state index contributed by atoms with van der Waals surface area (Å²) < 4.78 is 41.7. The molecular formula is C17H16Cl2F3N3O3. The van der Waals surface area contributed by atoms with Gasteiger partial charge in [0.15, 0.2) is 0 Å². The second-order valence-corrected chi connectivity index (χ2v) is 7.57. The molecule has 11 heteroatoms. The third kappa shape index (κ3) is 3.53. The molecule has 2 N–H and O–H groups in total. The topological polar surface area (TPSA) is 78.5 Å². The maximum absolute atomic E-state index is 13.9. The summed E-state index contributed by atoms with van der Waals surface area (Å²) in [5.41, 5.74) is -3.87. The average Bonchev–Trinajstić information content (AvgIpc) is 2.86. The summed E-state index contributed by atoms with van der Waals surface area (Å²) in [6.07, 6.45) is -2.14. The first kappa shape index (κ1) is 20.7. The van der Waals surface area contributed by atoms with Gasteiger partial charge in [-0.1, -0.05) is 42.5 Å². The van der Waals surface area contributed by atoms with Crippen LogP contribution >= 0.6 is 23.2 Å². The number of nitrogens with zero attached hydrogens (tertiary/aromatic N) is 1. The predicted octanol–water partition coefficient (Wildman–Crippen LogP) is 3.87. The van der Waals surface area contributed by atoms with Gasteiger partial charge in [-0.3, -0.25) is 19.8 Å². The van der Waals surface area contributed by atoms with Crippen LogP contribution in [0, 0.1) is 0 Å². The van der Waals surface area contributed by atoms with Crippen molar-refractivity contribution in [2.45, 2.75) is 50.0 Å². The standard InChI is InChI=1S/C17H16Cl2F3N3O3/c18-9-6-7-11(12(19)8-9)13(26)23-16(17(20,21)22)14(27)25(15(28)24-16)10-4-2-1-3-5-10/h6-8,10H,1-5H2,(H,23,26)(H,24,28)/t16-/m1/s1. The zero-order valence-electron chi connectivity index (χ0n) is 14.4. The highest BCUT2D eigenvalue weighted by Gasteiger charge is 2.69. The predicted molar refractivity (Wildman–Crippen MR) is 95.0 cm³/mol. The Morgan fingerprint density at radius 1 is 1.18 bits per heavy atom. The Hall–Kier alpha value is -2.00. The van der Waals surface area contributed by atoms with Crippen LogP contribution in [0.3, 0.4) is 0 Å². The molecule has 1 aromatic carbocycles. The number of hydrogen-bond acceptors (Lipinski definition) is 3. The number of amides is 4. The summed E-state index contributed by atoms with van der Waals surface area (Å²) in [5, 5.41) is 3.28. The van der Waals surface area contributed by atoms with E-state index in [-0.39, 0.29) is 15.6 Å². The Kier molecular flexibility index (Phi) is 5.51. The summed E-state index contributed by atoms with van der Waals surface area (Å²) >= 11 is 11.6. The molecule has 1 saturated heterocycles. The highest BCUT2D eigenvalue weighted by atomic mass is 35.5. The van der Waals surface area contributed by atoms with E-state index in [1.165, 1.54) is 12.1 Å². The molecule has 2 fully saturated rings. The van der Waals surface area contributed by atoms with E-state index < -0.39 is 35.7 Å². The van der Waals surface area contributed by atoms with Gasteiger partial charge >= 0.3 is 12.2 Å². The van der Waals surface area contributed by atoms with Gasteiger partial charge in [-0.15, -0.1) is 0 Å². The lowest BCUT2D eigenvalue weighted by molar-refractivity contribution is -0.200. The van der Waals surface area contributed by atoms with Gasteiger partial charge in [0.2, 0.25) is 0 Å². The zero-order chi connectivity index (χ0) is 20.7. The summed E-state index contributed by atoms with van der Waals surface area (Å²) in [6.45, 7) is 0. The Labute approximate surface area is 168 Å². The molecule has 0 unspecified atom stereocenters. The average molecular weight is 438 g/mol. The number of carbonyl (C=O) groups is 3. The zero-order valence-corrected chi connectivity index (χ0v) is 15.9. The van der Waals surface area contributed by atoms with Crippen molar-refractivity contribution in [3.63, 3.8) is 0 Å². The van der Waals surface area contributed by atoms with E-state index in [0.29, 0.717) is 30.6 Å². The molecule has 1 atom stereocenters. The number of halogens is 5. The molecule has 6 nitrogen and oxygen atoms in total. The smallest absolute Gasteiger partial charge is 0.314 e. The van der Waals surface area contributed by atoms with Crippen molar-refractivity contribution in [1.82, 2.24) is 15.5 Å². The molecular weight excluding hydrogens is 422 g/mol. The van der Waals surface area contributed by atoms with Gasteiger partial charge in [-0.05, 0) is 31.0 Å². The molecule has 1 heterocycles. The van der Waals surface area contributed by atoms with E-state index in [9.17, 15) is 27.6 Å². The maximum Gasteiger partial charge on any atom is 0.440 e. The molecule has 0 radical (unpaired) electrons. The minimum absolute atomic E-state index is 0.181. The van der Waals surface area contributed by atoms with E-state index >= 15 is 0 Å². The number of hydrogen-bond donors (Lipinski definition) is 2. The molecule has 4 amide bonds. The van der Waals surface area contributed by atoms with Gasteiger partial charge in [-0.25, -0.2) is 4.79 Å². The third-order valence-corrected chi connectivity index (χ3v) is 5.44. The second-order valence-electron chi connectivity index (χ2n) is 6.72. The first-order chi connectivity index (χ1) is 13.1. The number of rotatable bonds is 3. The Bertz CT molecular complexity index is 828. The van der Waals surface area contributed by atoms with Crippen molar-refractivity contribution >= 4 is 41.0 Å². The maximum atomic E-state index is 13.9. The van der Waals surface area contributed by atoms with Gasteiger partial charge in [0.05, 0.1) is 10.6 Å². The van der Waals surface area contributed by atoms with Gasteiger partial charge in [0.25, 0.3) is 17.5 Å². The van der Waals surface area contributed by atoms with Crippen molar-refractivity contribution in [3.05, 3.63) is 33.8 Å². The van der Waals surface area contributed by atoms with Crippen molar-refractivity contribution in [3.8, 4) is 0 Å². The van der Waals surface area contributed by atoms with Crippen molar-refractivity contribution in [2.75, 3.05) is 0 Å². The van der Waals surface area contributed by atoms with Gasteiger partial charge in [0, 0.05) is 11.1 Å². The Morgan fingerprint density at radius 3 is 2.39 bits per heavy atom. The summed E-state index contributed by atoms with van der Waals surface area (Å²) in [4.78, 5) is 38.1. The van der Waals surface area contributed by atoms with Crippen molar-refractivity contribution in [1.29, 1.82) is 0 Å². The summed E-state index contributed by atoms with van der Waals surface area (Å²) in [6, 6.07) is 1.76. The van der Waals surface area contributed by atoms with Gasteiger partial charge in [-0.2, -0.15) is 13.2 Å². The van der Waals surface area contributed by atoms with Crippen molar-refractivity contribution in [2.24, 2.45) is 0 Å². The molecule has 152 valence electrons. The van der Waals surface area contributed by atoms with Crippen LogP contribution in [0.1, 0.15) is 42.5 Å². The van der Waals surface area contributed by atoms with Crippen LogP contribution in [0.25, 0.3) is 0 Å². The fraction of sp³-hybridized carbons (Fsp3) is 0.471. The summed E-state index contributed by atoms with van der Waals surface area (Å²) in [5.74, 6) is -2.81. The van der Waals surface area contributed by atoms with Crippen LogP contribution in [-0.2, 0) is 4.79 Å². The van der Waals surface area contributed by atoms with E-state index in [0.717, 1.165) is 12.5 Å². The largest absolute Gasteiger partial charge is 0.440 e. The number of alkyl halides is 3. The molecule has 1 aliphatic carbocycles. The first-order valence-corrected chi connectivity index (χ1v) is 9.32. The van der Waals surface area contributed by atoms with E-state index in [4.69, 9.17) is 23.2 Å². The number of benzene rings is 1. The highest BCUT2D eigenvalue weighted by Crippen LogP contribution is 2.37. The van der Waals surface area contributed by atoms with E-state index in [1.807, 2.05) is 0 Å². The minimum Gasteiger partial charge on any atom is -0.314 e. The van der Waals surface area contributed by atoms with Crippen LogP contribution in [0.5, 0.6) is 0 Å². The number of imide groups is 1. The lowest BCUT2D eigenvalue weighted by Gasteiger charge is -2.32. The SMILES string of the molecule is O=C(N[C@@]1(C(F)(F)F)NC(=O)N(C2CCCCC2)C1=O)c1ccc(Cl)cc1Cl. The van der Waals surface area contributed by atoms with Gasteiger partial charge in [0.1, 0.15) is 0 Å². The molecule has 1 saturated carbocycles. The minimum atomic E-state index is -5.27. The quantitative estimate of drug-likeness (QED) is 0.704. The fourth-order valence-electron chi connectivity index (χ4n) is 3.48. The Balaban J connectivity index is 1.94. The molecule has 28 heavy (non-hydrogen) atoms. The molecule has 0 spiro atoms. The first-order valence-electron chi connectivity index (χ1n) is 8.57. The number of carbonyl (C=O) groups excluding carboxylic acids is 3. The Morgan fingerprint density at radius 2 is 1.82 bits per heavy atom. The van der Waals surface area contributed by atoms with Crippen LogP contribution in [-0.4, -0.2) is 40.6 Å². The van der Waals surface area contributed by atoms with Crippen LogP contribution in [0.4, 0.5) is 18.0 Å². The van der Waals surface area contributed by atoms with E-state index in [1.54, 1.807) is 10.6 Å². The van der Waals surface area contributed by atoms with E-state index in [2.05, 4.69) is 0 Å². The molecule has 0 aromatic heterocycles. The number of nitrogens with one attached hydrogen (secondary N) is 2. The summed E-state index contributed by atoms with van der Waals surface area (Å²) in [7, 11) is 0. The third-order valence-electron chi connectivity index (χ3n) is 4.89. The monoisotopic (exact) mass is 437 g/mol. The molecule has 0 bridgehead atoms. The lowest BCUT2D eigenvalue weighted by Crippen LogP contribution is -2.69. The van der Waals surface area contributed by atoms with Crippen LogP contribution in [0.2, 0.25) is 10.0 Å². The van der Waals surface area contributed by atoms with Crippen LogP contribution < -0.4 is 10.6 Å². The van der Waals surface area contributed by atoms with Crippen LogP contribution in [0.15, 0.2) is 18.2 Å². The van der Waals surface area contributed by atoms with Crippen molar-refractivity contribution < 1.29 is 27.6 Å². The molecule has 1 aliphatic heterocycles. The van der Waals surface area contributed by atoms with Gasteiger partial charge < -0.3 is 5.32 Å². The molecule has 3 rings (SSSR count). The fourth-order valence-corrected chi connectivity index (χ4v) is 3.97. The normalized spacial score (nSPS) is 23.7. The second kappa shape index (κ2) is 7.44. The number of urea groups is 1.